The molecule has 2 rings (SSSR count). The first-order valence-corrected chi connectivity index (χ1v) is 8.75. The van der Waals surface area contributed by atoms with Gasteiger partial charge in [-0.1, -0.05) is 27.7 Å². The minimum atomic E-state index is 0.0593. The Hall–Kier alpha value is -1.60. The molecule has 0 radical (unpaired) electrons. The van der Waals surface area contributed by atoms with Crippen molar-refractivity contribution < 1.29 is 4.79 Å². The molecule has 0 aliphatic heterocycles. The Morgan fingerprint density at radius 3 is 2.52 bits per heavy atom. The summed E-state index contributed by atoms with van der Waals surface area (Å²) in [4.78, 5) is 24.9. The summed E-state index contributed by atoms with van der Waals surface area (Å²) in [5.74, 6) is 0.855. The van der Waals surface area contributed by atoms with Crippen LogP contribution in [-0.2, 0) is 4.79 Å². The van der Waals surface area contributed by atoms with E-state index in [0.717, 1.165) is 20.2 Å². The van der Waals surface area contributed by atoms with Crippen molar-refractivity contribution in [2.45, 2.75) is 16.8 Å². The fourth-order valence-corrected chi connectivity index (χ4v) is 2.80. The van der Waals surface area contributed by atoms with Crippen LogP contribution in [0.1, 0.15) is 6.92 Å². The maximum atomic E-state index is 11.2. The molecule has 0 fully saturated rings. The van der Waals surface area contributed by atoms with Crippen LogP contribution in [0.2, 0.25) is 0 Å². The van der Waals surface area contributed by atoms with Crippen LogP contribution < -0.4 is 4.90 Å². The van der Waals surface area contributed by atoms with Crippen molar-refractivity contribution in [3.05, 3.63) is 41.1 Å². The van der Waals surface area contributed by atoms with E-state index in [1.807, 2.05) is 36.2 Å². The molecule has 0 saturated carbocycles. The number of anilines is 1. The minimum Gasteiger partial charge on any atom is -0.357 e. The summed E-state index contributed by atoms with van der Waals surface area (Å²) in [6.45, 7) is 2.92. The summed E-state index contributed by atoms with van der Waals surface area (Å²) in [5.41, 5.74) is 0. The SMILES string of the molecule is CC(=O)N(C)CCN(C)c1cncc(Sc2ccc(Br)cc2)n1. The molecule has 1 heterocycles. The summed E-state index contributed by atoms with van der Waals surface area (Å²) >= 11 is 5.00. The van der Waals surface area contributed by atoms with Gasteiger partial charge in [-0.15, -0.1) is 0 Å². The number of carbonyl (C=O) groups is 1. The Morgan fingerprint density at radius 2 is 1.87 bits per heavy atom. The van der Waals surface area contributed by atoms with Crippen molar-refractivity contribution in [3.8, 4) is 0 Å². The third-order valence-corrected chi connectivity index (χ3v) is 4.78. The molecule has 1 aromatic heterocycles. The number of nitrogens with zero attached hydrogens (tertiary/aromatic N) is 4. The van der Waals surface area contributed by atoms with Gasteiger partial charge in [0, 0.05) is 43.5 Å². The molecule has 0 N–H and O–H groups in total. The number of halogens is 1. The Morgan fingerprint density at radius 1 is 1.17 bits per heavy atom. The number of carbonyl (C=O) groups excluding carboxylic acids is 1. The van der Waals surface area contributed by atoms with Crippen LogP contribution in [-0.4, -0.2) is 48.0 Å². The predicted molar refractivity (Wildman–Crippen MR) is 96.9 cm³/mol. The van der Waals surface area contributed by atoms with Gasteiger partial charge in [-0.25, -0.2) is 4.98 Å². The largest absolute Gasteiger partial charge is 0.357 e. The molecule has 1 amide bonds. The first kappa shape index (κ1) is 17.7. The Balaban J connectivity index is 2.01. The molecule has 1 aromatic carbocycles. The van der Waals surface area contributed by atoms with E-state index in [-0.39, 0.29) is 5.91 Å². The topological polar surface area (TPSA) is 49.3 Å². The van der Waals surface area contributed by atoms with E-state index in [1.54, 1.807) is 43.0 Å². The highest BCUT2D eigenvalue weighted by Gasteiger charge is 2.08. The molecule has 0 spiro atoms. The van der Waals surface area contributed by atoms with Gasteiger partial charge in [-0.05, 0) is 24.3 Å². The van der Waals surface area contributed by atoms with Gasteiger partial charge in [0.2, 0.25) is 5.91 Å². The van der Waals surface area contributed by atoms with E-state index in [1.165, 1.54) is 0 Å². The van der Waals surface area contributed by atoms with Crippen molar-refractivity contribution >= 4 is 39.4 Å². The lowest BCUT2D eigenvalue weighted by Gasteiger charge is -2.22. The molecule has 0 bridgehead atoms. The number of benzene rings is 1. The van der Waals surface area contributed by atoms with Gasteiger partial charge in [-0.2, -0.15) is 0 Å². The van der Waals surface area contributed by atoms with E-state index in [0.29, 0.717) is 13.1 Å². The number of aromatic nitrogens is 2. The Bertz CT molecular complexity index is 665. The number of rotatable bonds is 6. The van der Waals surface area contributed by atoms with Crippen LogP contribution >= 0.6 is 27.7 Å². The molecule has 0 aliphatic carbocycles. The maximum absolute atomic E-state index is 11.2. The van der Waals surface area contributed by atoms with Gasteiger partial charge in [-0.3, -0.25) is 9.78 Å². The zero-order chi connectivity index (χ0) is 16.8. The number of hydrogen-bond acceptors (Lipinski definition) is 5. The standard InChI is InChI=1S/C16H19BrN4OS/c1-12(22)20(2)8-9-21(3)15-10-18-11-16(19-15)23-14-6-4-13(17)5-7-14/h4-7,10-11H,8-9H2,1-3H3. The average Bonchev–Trinajstić information content (AvgIpc) is 2.54. The third-order valence-electron chi connectivity index (χ3n) is 3.34. The molecular formula is C16H19BrN4OS. The van der Waals surface area contributed by atoms with Crippen molar-refractivity contribution in [1.82, 2.24) is 14.9 Å². The highest BCUT2D eigenvalue weighted by molar-refractivity contribution is 9.10. The van der Waals surface area contributed by atoms with E-state index in [9.17, 15) is 4.79 Å². The second kappa shape index (κ2) is 8.31. The summed E-state index contributed by atoms with van der Waals surface area (Å²) in [7, 11) is 3.74. The molecule has 0 saturated heterocycles. The van der Waals surface area contributed by atoms with Gasteiger partial charge in [0.1, 0.15) is 10.8 Å². The van der Waals surface area contributed by atoms with Crippen LogP contribution in [0.15, 0.2) is 51.1 Å². The zero-order valence-corrected chi connectivity index (χ0v) is 15.8. The third kappa shape index (κ3) is 5.51. The number of likely N-dealkylation sites (N-methyl/N-ethyl adjacent to an activating group) is 2. The van der Waals surface area contributed by atoms with Gasteiger partial charge >= 0.3 is 0 Å². The van der Waals surface area contributed by atoms with E-state index < -0.39 is 0 Å². The molecule has 0 atom stereocenters. The fourth-order valence-electron chi connectivity index (χ4n) is 1.77. The summed E-state index contributed by atoms with van der Waals surface area (Å²) in [6.07, 6.45) is 3.49. The quantitative estimate of drug-likeness (QED) is 0.751. The summed E-state index contributed by atoms with van der Waals surface area (Å²) < 4.78 is 1.05. The Kier molecular flexibility index (Phi) is 6.41. The van der Waals surface area contributed by atoms with Crippen LogP contribution in [0.3, 0.4) is 0 Å². The lowest BCUT2D eigenvalue weighted by Crippen LogP contribution is -2.33. The highest BCUT2D eigenvalue weighted by atomic mass is 79.9. The van der Waals surface area contributed by atoms with Crippen LogP contribution in [0.4, 0.5) is 5.82 Å². The molecule has 122 valence electrons. The van der Waals surface area contributed by atoms with Crippen LogP contribution in [0, 0.1) is 0 Å². The molecule has 0 aliphatic rings. The van der Waals surface area contributed by atoms with E-state index in [2.05, 4.69) is 25.9 Å². The highest BCUT2D eigenvalue weighted by Crippen LogP contribution is 2.27. The fraction of sp³-hybridized carbons (Fsp3) is 0.312. The van der Waals surface area contributed by atoms with Gasteiger partial charge in [0.05, 0.1) is 12.4 Å². The number of amides is 1. The van der Waals surface area contributed by atoms with Crippen molar-refractivity contribution in [2.24, 2.45) is 0 Å². The molecular weight excluding hydrogens is 376 g/mol. The van der Waals surface area contributed by atoms with Crippen molar-refractivity contribution in [3.63, 3.8) is 0 Å². The summed E-state index contributed by atoms with van der Waals surface area (Å²) in [5, 5.41) is 0.844. The molecule has 23 heavy (non-hydrogen) atoms. The first-order valence-electron chi connectivity index (χ1n) is 7.14. The lowest BCUT2D eigenvalue weighted by molar-refractivity contribution is -0.127. The maximum Gasteiger partial charge on any atom is 0.219 e. The second-order valence-electron chi connectivity index (χ2n) is 5.13. The summed E-state index contributed by atoms with van der Waals surface area (Å²) in [6, 6.07) is 8.08. The first-order chi connectivity index (χ1) is 11.0. The molecule has 2 aromatic rings. The van der Waals surface area contributed by atoms with Gasteiger partial charge in [0.15, 0.2) is 0 Å². The van der Waals surface area contributed by atoms with Gasteiger partial charge < -0.3 is 9.80 Å². The molecule has 5 nitrogen and oxygen atoms in total. The smallest absolute Gasteiger partial charge is 0.219 e. The van der Waals surface area contributed by atoms with E-state index in [4.69, 9.17) is 0 Å². The zero-order valence-electron chi connectivity index (χ0n) is 13.4. The number of hydrogen-bond donors (Lipinski definition) is 0. The van der Waals surface area contributed by atoms with E-state index >= 15 is 0 Å². The van der Waals surface area contributed by atoms with Crippen molar-refractivity contribution in [1.29, 1.82) is 0 Å². The normalized spacial score (nSPS) is 10.4. The van der Waals surface area contributed by atoms with Gasteiger partial charge in [0.25, 0.3) is 0 Å². The predicted octanol–water partition coefficient (Wildman–Crippen LogP) is 3.30. The molecule has 0 unspecified atom stereocenters. The minimum absolute atomic E-state index is 0.0593. The van der Waals surface area contributed by atoms with Crippen molar-refractivity contribution in [2.75, 3.05) is 32.1 Å². The monoisotopic (exact) mass is 394 g/mol. The Labute approximate surface area is 149 Å². The average molecular weight is 395 g/mol. The van der Waals surface area contributed by atoms with Crippen LogP contribution in [0.25, 0.3) is 0 Å². The second-order valence-corrected chi connectivity index (χ2v) is 7.14. The van der Waals surface area contributed by atoms with Crippen LogP contribution in [0.5, 0.6) is 0 Å². The molecule has 7 heteroatoms. The lowest BCUT2D eigenvalue weighted by atomic mass is 10.4.